The average molecular weight is 325 g/mol. The van der Waals surface area contributed by atoms with Gasteiger partial charge in [0.15, 0.2) is 6.29 Å². The molecule has 2 heterocycles. The summed E-state index contributed by atoms with van der Waals surface area (Å²) in [7, 11) is 0. The van der Waals surface area contributed by atoms with Crippen LogP contribution in [0.4, 0.5) is 0 Å². The van der Waals surface area contributed by atoms with Crippen LogP contribution in [-0.2, 0) is 9.47 Å². The molecule has 0 aromatic carbocycles. The highest BCUT2D eigenvalue weighted by molar-refractivity contribution is 4.93. The van der Waals surface area contributed by atoms with E-state index < -0.39 is 61.7 Å². The van der Waals surface area contributed by atoms with Gasteiger partial charge in [-0.3, -0.25) is 0 Å². The predicted octanol–water partition coefficient (Wildman–Crippen LogP) is -5.14. The highest BCUT2D eigenvalue weighted by Crippen LogP contribution is 2.22. The van der Waals surface area contributed by atoms with Crippen molar-refractivity contribution in [2.75, 3.05) is 19.8 Å². The quantitative estimate of drug-likeness (QED) is 0.250. The Kier molecular flexibility index (Phi) is 6.07. The Morgan fingerprint density at radius 1 is 0.909 bits per heavy atom. The number of rotatable bonds is 4. The summed E-state index contributed by atoms with van der Waals surface area (Å²) in [5.74, 6) is 0. The molecule has 2 aliphatic rings. The van der Waals surface area contributed by atoms with Crippen molar-refractivity contribution in [3.8, 4) is 0 Å². The molecule has 22 heavy (non-hydrogen) atoms. The van der Waals surface area contributed by atoms with Crippen molar-refractivity contribution in [3.05, 3.63) is 0 Å². The van der Waals surface area contributed by atoms with Crippen molar-refractivity contribution in [1.82, 2.24) is 5.32 Å². The van der Waals surface area contributed by atoms with E-state index in [4.69, 9.17) is 14.6 Å². The van der Waals surface area contributed by atoms with Crippen LogP contribution in [0.5, 0.6) is 0 Å². The van der Waals surface area contributed by atoms with Crippen LogP contribution >= 0.6 is 0 Å². The highest BCUT2D eigenvalue weighted by Gasteiger charge is 2.45. The zero-order valence-corrected chi connectivity index (χ0v) is 11.8. The Balaban J connectivity index is 1.90. The van der Waals surface area contributed by atoms with E-state index in [0.29, 0.717) is 0 Å². The Hall–Kier alpha value is -0.400. The number of β-amino-alcohol motifs (C(OH)–C–C–N with tert-alkyl or cyclic N) is 1. The predicted molar refractivity (Wildman–Crippen MR) is 69.5 cm³/mol. The second kappa shape index (κ2) is 7.45. The summed E-state index contributed by atoms with van der Waals surface area (Å²) in [6.07, 6.45) is -10.7. The van der Waals surface area contributed by atoms with E-state index in [1.54, 1.807) is 0 Å². The number of ether oxygens (including phenoxy) is 2. The molecule has 2 aliphatic heterocycles. The number of hydrogen-bond donors (Lipinski definition) is 8. The van der Waals surface area contributed by atoms with Gasteiger partial charge in [-0.25, -0.2) is 0 Å². The molecule has 0 spiro atoms. The molecule has 0 bridgehead atoms. The first-order valence-electron chi connectivity index (χ1n) is 7.06. The smallest absolute Gasteiger partial charge is 0.186 e. The van der Waals surface area contributed by atoms with Crippen LogP contribution in [-0.4, -0.2) is 111 Å². The van der Waals surface area contributed by atoms with Crippen LogP contribution < -0.4 is 5.32 Å². The maximum Gasteiger partial charge on any atom is 0.186 e. The molecule has 2 fully saturated rings. The van der Waals surface area contributed by atoms with Gasteiger partial charge in [-0.2, -0.15) is 0 Å². The van der Waals surface area contributed by atoms with E-state index in [2.05, 4.69) is 5.32 Å². The lowest BCUT2D eigenvalue weighted by Crippen LogP contribution is -2.63. The van der Waals surface area contributed by atoms with E-state index in [1.165, 1.54) is 0 Å². The number of nitrogens with one attached hydrogen (secondary N) is 1. The number of piperidine rings is 1. The van der Waals surface area contributed by atoms with Gasteiger partial charge < -0.3 is 50.5 Å². The van der Waals surface area contributed by atoms with Crippen molar-refractivity contribution in [2.45, 2.75) is 55.1 Å². The maximum absolute atomic E-state index is 9.81. The van der Waals surface area contributed by atoms with Crippen LogP contribution in [0.15, 0.2) is 0 Å². The van der Waals surface area contributed by atoms with Gasteiger partial charge in [-0.1, -0.05) is 0 Å². The molecule has 0 radical (unpaired) electrons. The summed E-state index contributed by atoms with van der Waals surface area (Å²) in [4.78, 5) is 0. The number of aliphatic hydroxyl groups is 7. The summed E-state index contributed by atoms with van der Waals surface area (Å²) in [6.45, 7) is -0.700. The normalized spacial score (nSPS) is 50.0. The first-order chi connectivity index (χ1) is 10.4. The fourth-order valence-electron chi connectivity index (χ4n) is 2.54. The minimum absolute atomic E-state index is 0.0565. The van der Waals surface area contributed by atoms with Crippen LogP contribution in [0.3, 0.4) is 0 Å². The minimum atomic E-state index is -1.55. The van der Waals surface area contributed by atoms with Crippen molar-refractivity contribution >= 4 is 0 Å². The van der Waals surface area contributed by atoms with Gasteiger partial charge in [0.25, 0.3) is 0 Å². The second-order valence-corrected chi connectivity index (χ2v) is 5.59. The van der Waals surface area contributed by atoms with Gasteiger partial charge in [0, 0.05) is 6.54 Å². The van der Waals surface area contributed by atoms with Crippen molar-refractivity contribution in [3.63, 3.8) is 0 Å². The Labute approximate surface area is 126 Å². The Morgan fingerprint density at radius 3 is 2.23 bits per heavy atom. The molecule has 8 N–H and O–H groups in total. The third-order valence-electron chi connectivity index (χ3n) is 4.03. The molecule has 0 aromatic rings. The zero-order chi connectivity index (χ0) is 16.4. The monoisotopic (exact) mass is 325 g/mol. The van der Waals surface area contributed by atoms with Crippen LogP contribution in [0.1, 0.15) is 0 Å². The molecule has 130 valence electrons. The third kappa shape index (κ3) is 3.57. The fourth-order valence-corrected chi connectivity index (χ4v) is 2.54. The fraction of sp³-hybridized carbons (Fsp3) is 1.00. The van der Waals surface area contributed by atoms with Crippen LogP contribution in [0, 0.1) is 0 Å². The van der Waals surface area contributed by atoms with E-state index >= 15 is 0 Å². The summed E-state index contributed by atoms with van der Waals surface area (Å²) in [5, 5.41) is 69.7. The molecule has 0 aliphatic carbocycles. The lowest BCUT2D eigenvalue weighted by Gasteiger charge is -2.41. The Morgan fingerprint density at radius 2 is 1.59 bits per heavy atom. The van der Waals surface area contributed by atoms with E-state index in [1.807, 2.05) is 0 Å². The molecular weight excluding hydrogens is 302 g/mol. The molecule has 10 nitrogen and oxygen atoms in total. The van der Waals surface area contributed by atoms with Gasteiger partial charge in [0.1, 0.15) is 30.5 Å². The topological polar surface area (TPSA) is 172 Å². The molecule has 10 heteroatoms. The first kappa shape index (κ1) is 17.9. The van der Waals surface area contributed by atoms with E-state index in [9.17, 15) is 30.6 Å². The SMILES string of the molecule is OC[C@H]1O[C@H](OC[C@H]2NC[C@@H](O)[C@@H](O)[C@@H]2O)[C@H](O)[C@@H](O)[C@@H]1O. The first-order valence-corrected chi connectivity index (χ1v) is 7.06. The van der Waals surface area contributed by atoms with Gasteiger partial charge >= 0.3 is 0 Å². The van der Waals surface area contributed by atoms with Crippen molar-refractivity contribution in [2.24, 2.45) is 0 Å². The molecule has 0 aromatic heterocycles. The largest absolute Gasteiger partial charge is 0.394 e. The van der Waals surface area contributed by atoms with Crippen molar-refractivity contribution < 1.29 is 45.2 Å². The molecule has 0 unspecified atom stereocenters. The number of hydrogen-bond acceptors (Lipinski definition) is 10. The number of aliphatic hydroxyl groups excluding tert-OH is 7. The van der Waals surface area contributed by atoms with Crippen LogP contribution in [0.25, 0.3) is 0 Å². The third-order valence-corrected chi connectivity index (χ3v) is 4.03. The summed E-state index contributed by atoms with van der Waals surface area (Å²) >= 11 is 0. The van der Waals surface area contributed by atoms with Crippen LogP contribution in [0.2, 0.25) is 0 Å². The summed E-state index contributed by atoms with van der Waals surface area (Å²) in [5.41, 5.74) is 0. The van der Waals surface area contributed by atoms with E-state index in [0.717, 1.165) is 0 Å². The molecular formula is C12H23NO9. The summed E-state index contributed by atoms with van der Waals surface area (Å²) in [6, 6.07) is -0.717. The van der Waals surface area contributed by atoms with Gasteiger partial charge in [-0.15, -0.1) is 0 Å². The van der Waals surface area contributed by atoms with E-state index in [-0.39, 0.29) is 13.2 Å². The maximum atomic E-state index is 9.81. The molecule has 0 amide bonds. The lowest BCUT2D eigenvalue weighted by atomic mass is 9.96. The Bertz CT molecular complexity index is 357. The molecule has 2 rings (SSSR count). The van der Waals surface area contributed by atoms with Gasteiger partial charge in [0.05, 0.1) is 31.5 Å². The average Bonchev–Trinajstić information content (AvgIpc) is 2.51. The molecule has 9 atom stereocenters. The second-order valence-electron chi connectivity index (χ2n) is 5.59. The van der Waals surface area contributed by atoms with Crippen molar-refractivity contribution in [1.29, 1.82) is 0 Å². The standard InChI is InChI=1S/C12H23NO9/c14-2-6-9(18)10(19)11(20)12(22-6)21-3-4-7(16)8(17)5(15)1-13-4/h4-20H,1-3H2/t4-,5-,6-,7-,8-,9-,10+,11-,12+/m1/s1. The zero-order valence-electron chi connectivity index (χ0n) is 11.8. The highest BCUT2D eigenvalue weighted by atomic mass is 16.7. The minimum Gasteiger partial charge on any atom is -0.394 e. The molecule has 0 saturated carbocycles. The van der Waals surface area contributed by atoms with Gasteiger partial charge in [0.2, 0.25) is 0 Å². The molecule has 2 saturated heterocycles. The van der Waals surface area contributed by atoms with Gasteiger partial charge in [-0.05, 0) is 0 Å². The lowest BCUT2D eigenvalue weighted by molar-refractivity contribution is -0.303. The summed E-state index contributed by atoms with van der Waals surface area (Å²) < 4.78 is 10.4.